The summed E-state index contributed by atoms with van der Waals surface area (Å²) >= 11 is 0. The Kier molecular flexibility index (Phi) is 3.41. The summed E-state index contributed by atoms with van der Waals surface area (Å²) in [6, 6.07) is 1.31. The first-order valence-electron chi connectivity index (χ1n) is 5.48. The molecule has 0 bridgehead atoms. The fraction of sp³-hybridized carbons (Fsp3) is 0.545. The predicted molar refractivity (Wildman–Crippen MR) is 57.1 cm³/mol. The number of carbonyl (C=O) groups excluding carboxylic acids is 2. The van der Waals surface area contributed by atoms with Gasteiger partial charge < -0.3 is 14.6 Å². The number of methoxy groups -OCH3 is 1. The van der Waals surface area contributed by atoms with Crippen LogP contribution in [0.4, 0.5) is 0 Å². The lowest BCUT2D eigenvalue weighted by atomic mass is 10.1. The van der Waals surface area contributed by atoms with E-state index in [1.807, 2.05) is 0 Å². The molecule has 0 spiro atoms. The average Bonchev–Trinajstić information content (AvgIpc) is 3.02. The molecule has 1 aromatic rings. The van der Waals surface area contributed by atoms with Crippen LogP contribution in [0.2, 0.25) is 0 Å². The molecule has 0 unspecified atom stereocenters. The molecule has 1 aliphatic rings. The third-order valence-electron chi connectivity index (χ3n) is 2.79. The molecule has 6 nitrogen and oxygen atoms in total. The van der Waals surface area contributed by atoms with Gasteiger partial charge in [-0.2, -0.15) is 0 Å². The van der Waals surface area contributed by atoms with Crippen molar-refractivity contribution < 1.29 is 18.8 Å². The Morgan fingerprint density at radius 1 is 1.65 bits per heavy atom. The van der Waals surface area contributed by atoms with Crippen LogP contribution in [0.1, 0.15) is 29.8 Å². The van der Waals surface area contributed by atoms with Crippen LogP contribution in [0.3, 0.4) is 0 Å². The van der Waals surface area contributed by atoms with Crippen LogP contribution >= 0.6 is 0 Å². The van der Waals surface area contributed by atoms with Gasteiger partial charge in [0.1, 0.15) is 6.26 Å². The molecule has 1 fully saturated rings. The molecule has 1 atom stereocenters. The largest absolute Gasteiger partial charge is 0.469 e. The SMILES string of the molecule is COC(=O)C[C@@H](NC(=O)c1ccon1)C1CC1. The molecule has 0 radical (unpaired) electrons. The van der Waals surface area contributed by atoms with Gasteiger partial charge in [-0.3, -0.25) is 9.59 Å². The van der Waals surface area contributed by atoms with E-state index in [1.54, 1.807) is 0 Å². The maximum Gasteiger partial charge on any atom is 0.307 e. The smallest absolute Gasteiger partial charge is 0.307 e. The summed E-state index contributed by atoms with van der Waals surface area (Å²) in [7, 11) is 1.34. The van der Waals surface area contributed by atoms with E-state index < -0.39 is 0 Å². The minimum Gasteiger partial charge on any atom is -0.469 e. The van der Waals surface area contributed by atoms with E-state index >= 15 is 0 Å². The zero-order valence-electron chi connectivity index (χ0n) is 9.51. The molecular formula is C11H14N2O4. The molecule has 1 heterocycles. The van der Waals surface area contributed by atoms with Gasteiger partial charge in [-0.15, -0.1) is 0 Å². The lowest BCUT2D eigenvalue weighted by molar-refractivity contribution is -0.141. The van der Waals surface area contributed by atoms with E-state index in [-0.39, 0.29) is 30.0 Å². The molecule has 1 amide bonds. The third kappa shape index (κ3) is 3.05. The van der Waals surface area contributed by atoms with Crippen molar-refractivity contribution in [1.29, 1.82) is 0 Å². The average molecular weight is 238 g/mol. The van der Waals surface area contributed by atoms with Gasteiger partial charge in [0.15, 0.2) is 5.69 Å². The number of aromatic nitrogens is 1. The highest BCUT2D eigenvalue weighted by Gasteiger charge is 2.34. The molecule has 0 saturated heterocycles. The zero-order chi connectivity index (χ0) is 12.3. The molecule has 1 aliphatic carbocycles. The third-order valence-corrected chi connectivity index (χ3v) is 2.79. The Morgan fingerprint density at radius 2 is 2.41 bits per heavy atom. The van der Waals surface area contributed by atoms with E-state index in [1.165, 1.54) is 19.4 Å². The number of nitrogens with one attached hydrogen (secondary N) is 1. The normalized spacial score (nSPS) is 16.3. The lowest BCUT2D eigenvalue weighted by Crippen LogP contribution is -2.38. The van der Waals surface area contributed by atoms with Gasteiger partial charge in [-0.1, -0.05) is 5.16 Å². The number of esters is 1. The van der Waals surface area contributed by atoms with Gasteiger partial charge in [0, 0.05) is 12.1 Å². The number of hydrogen-bond donors (Lipinski definition) is 1. The van der Waals surface area contributed by atoms with Crippen LogP contribution in [0.5, 0.6) is 0 Å². The standard InChI is InChI=1S/C11H14N2O4/c1-16-10(14)6-9(7-2-3-7)12-11(15)8-4-5-17-13-8/h4-5,7,9H,2-3,6H2,1H3,(H,12,15)/t9-/m1/s1. The monoisotopic (exact) mass is 238 g/mol. The highest BCUT2D eigenvalue weighted by Crippen LogP contribution is 2.34. The highest BCUT2D eigenvalue weighted by atomic mass is 16.5. The Balaban J connectivity index is 1.93. The van der Waals surface area contributed by atoms with Crippen molar-refractivity contribution >= 4 is 11.9 Å². The van der Waals surface area contributed by atoms with Crippen molar-refractivity contribution in [2.45, 2.75) is 25.3 Å². The van der Waals surface area contributed by atoms with Gasteiger partial charge in [0.25, 0.3) is 5.91 Å². The van der Waals surface area contributed by atoms with Crippen LogP contribution in [0.15, 0.2) is 16.9 Å². The molecule has 6 heteroatoms. The van der Waals surface area contributed by atoms with E-state index in [0.29, 0.717) is 5.92 Å². The molecule has 1 N–H and O–H groups in total. The number of amides is 1. The summed E-state index contributed by atoms with van der Waals surface area (Å²) in [5, 5.41) is 6.33. The molecular weight excluding hydrogens is 224 g/mol. The molecule has 1 saturated carbocycles. The summed E-state index contributed by atoms with van der Waals surface area (Å²) in [5.41, 5.74) is 0.223. The maximum absolute atomic E-state index is 11.7. The van der Waals surface area contributed by atoms with Gasteiger partial charge >= 0.3 is 5.97 Å². The zero-order valence-corrected chi connectivity index (χ0v) is 9.51. The number of carbonyl (C=O) groups is 2. The van der Waals surface area contributed by atoms with E-state index in [4.69, 9.17) is 0 Å². The van der Waals surface area contributed by atoms with Crippen molar-refractivity contribution in [1.82, 2.24) is 10.5 Å². The first-order chi connectivity index (χ1) is 8.20. The van der Waals surface area contributed by atoms with E-state index in [0.717, 1.165) is 12.8 Å². The molecule has 0 aromatic carbocycles. The number of hydrogen-bond acceptors (Lipinski definition) is 5. The molecule has 1 aromatic heterocycles. The van der Waals surface area contributed by atoms with Gasteiger partial charge in [-0.05, 0) is 18.8 Å². The van der Waals surface area contributed by atoms with Crippen LogP contribution in [0, 0.1) is 5.92 Å². The number of nitrogens with zero attached hydrogens (tertiary/aromatic N) is 1. The van der Waals surface area contributed by atoms with Crippen molar-refractivity contribution in [2.24, 2.45) is 5.92 Å². The fourth-order valence-electron chi connectivity index (χ4n) is 1.67. The predicted octanol–water partition coefficient (Wildman–Crippen LogP) is 0.746. The molecule has 0 aliphatic heterocycles. The highest BCUT2D eigenvalue weighted by molar-refractivity contribution is 5.92. The van der Waals surface area contributed by atoms with Gasteiger partial charge in [0.2, 0.25) is 0 Å². The summed E-state index contributed by atoms with van der Waals surface area (Å²) in [5.74, 6) is -0.271. The summed E-state index contributed by atoms with van der Waals surface area (Å²) in [6.45, 7) is 0. The van der Waals surface area contributed by atoms with Crippen molar-refractivity contribution in [3.8, 4) is 0 Å². The van der Waals surface area contributed by atoms with Crippen molar-refractivity contribution in [2.75, 3.05) is 7.11 Å². The first kappa shape index (κ1) is 11.6. The number of rotatable bonds is 5. The maximum atomic E-state index is 11.7. The summed E-state index contributed by atoms with van der Waals surface area (Å²) in [4.78, 5) is 22.9. The second-order valence-corrected chi connectivity index (χ2v) is 4.08. The van der Waals surface area contributed by atoms with Crippen LogP contribution < -0.4 is 5.32 Å². The topological polar surface area (TPSA) is 81.4 Å². The fourth-order valence-corrected chi connectivity index (χ4v) is 1.67. The second-order valence-electron chi connectivity index (χ2n) is 4.08. The Morgan fingerprint density at radius 3 is 2.94 bits per heavy atom. The minimum absolute atomic E-state index is 0.174. The summed E-state index contributed by atoms with van der Waals surface area (Å²) in [6.07, 6.45) is 3.59. The lowest BCUT2D eigenvalue weighted by Gasteiger charge is -2.15. The molecule has 2 rings (SSSR count). The van der Waals surface area contributed by atoms with Crippen LogP contribution in [0.25, 0.3) is 0 Å². The van der Waals surface area contributed by atoms with Crippen molar-refractivity contribution in [3.63, 3.8) is 0 Å². The Labute approximate surface area is 98.3 Å². The Hall–Kier alpha value is -1.85. The first-order valence-corrected chi connectivity index (χ1v) is 5.48. The van der Waals surface area contributed by atoms with Crippen LogP contribution in [-0.2, 0) is 9.53 Å². The van der Waals surface area contributed by atoms with E-state index in [9.17, 15) is 9.59 Å². The quantitative estimate of drug-likeness (QED) is 0.765. The molecule has 17 heavy (non-hydrogen) atoms. The number of ether oxygens (including phenoxy) is 1. The van der Waals surface area contributed by atoms with Gasteiger partial charge in [-0.25, -0.2) is 0 Å². The minimum atomic E-state index is -0.320. The van der Waals surface area contributed by atoms with Crippen LogP contribution in [-0.4, -0.2) is 30.2 Å². The summed E-state index contributed by atoms with van der Waals surface area (Å²) < 4.78 is 9.20. The van der Waals surface area contributed by atoms with E-state index in [2.05, 4.69) is 19.7 Å². The second kappa shape index (κ2) is 4.99. The van der Waals surface area contributed by atoms with Gasteiger partial charge in [0.05, 0.1) is 13.5 Å². The van der Waals surface area contributed by atoms with Crippen molar-refractivity contribution in [3.05, 3.63) is 18.0 Å². The molecule has 92 valence electrons. The Bertz CT molecular complexity index is 398.